The van der Waals surface area contributed by atoms with Gasteiger partial charge in [-0.2, -0.15) is 4.99 Å². The van der Waals surface area contributed by atoms with Crippen molar-refractivity contribution in [1.29, 1.82) is 0 Å². The summed E-state index contributed by atoms with van der Waals surface area (Å²) in [5.41, 5.74) is 2.47. The molecule has 0 saturated heterocycles. The second-order valence-electron chi connectivity index (χ2n) is 5.32. The van der Waals surface area contributed by atoms with Crippen molar-refractivity contribution in [2.24, 2.45) is 4.99 Å². The van der Waals surface area contributed by atoms with Crippen LogP contribution in [0.4, 0.5) is 0 Å². The van der Waals surface area contributed by atoms with Crippen molar-refractivity contribution < 1.29 is 9.53 Å². The number of methoxy groups -OCH3 is 1. The minimum Gasteiger partial charge on any atom is -0.469 e. The number of nitrogens with zero attached hydrogens (tertiary/aromatic N) is 2. The lowest BCUT2D eigenvalue weighted by molar-refractivity contribution is -0.140. The molecule has 0 aliphatic heterocycles. The predicted octanol–water partition coefficient (Wildman–Crippen LogP) is 2.63. The van der Waals surface area contributed by atoms with Gasteiger partial charge in [0.15, 0.2) is 9.91 Å². The molecule has 5 nitrogen and oxygen atoms in total. The number of nitrogens with one attached hydrogen (secondary N) is 1. The lowest BCUT2D eigenvalue weighted by Gasteiger charge is -2.05. The number of thiocarbonyl (C=S) groups is 1. The third-order valence-electron chi connectivity index (χ3n) is 3.39. The molecule has 7 heteroatoms. The van der Waals surface area contributed by atoms with Crippen LogP contribution >= 0.6 is 23.6 Å². The molecular weight excluding hydrogens is 342 g/mol. The number of carbonyl (C=O) groups excluding carboxylic acids is 1. The molecule has 0 unspecified atom stereocenters. The summed E-state index contributed by atoms with van der Waals surface area (Å²) in [4.78, 5) is 16.3. The van der Waals surface area contributed by atoms with E-state index in [1.54, 1.807) is 11.3 Å². The molecule has 24 heavy (non-hydrogen) atoms. The first kappa shape index (κ1) is 18.4. The number of ether oxygens (including phenoxy) is 1. The first-order valence-corrected chi connectivity index (χ1v) is 8.96. The van der Waals surface area contributed by atoms with E-state index in [0.717, 1.165) is 11.3 Å². The van der Waals surface area contributed by atoms with Gasteiger partial charge in [-0.15, -0.1) is 11.3 Å². The molecule has 0 fully saturated rings. The van der Waals surface area contributed by atoms with Crippen molar-refractivity contribution in [3.63, 3.8) is 0 Å². The summed E-state index contributed by atoms with van der Waals surface area (Å²) in [5.74, 6) is -0.214. The molecule has 0 amide bonds. The predicted molar refractivity (Wildman–Crippen MR) is 100 cm³/mol. The molecule has 0 atom stereocenters. The van der Waals surface area contributed by atoms with Crippen LogP contribution in [0, 0.1) is 6.92 Å². The standard InChI is InChI=1S/C17H21N3O2S2/c1-13-5-7-14(8-6-13)12-20-10-11-24-17(20)19-16(23)18-9-3-4-15(21)22-2/h5-8,10-11H,3-4,9,12H2,1-2H3,(H,18,23). The Kier molecular flexibility index (Phi) is 7.14. The molecule has 1 aromatic carbocycles. The molecular formula is C17H21N3O2S2. The number of carbonyl (C=O) groups is 1. The van der Waals surface area contributed by atoms with Gasteiger partial charge < -0.3 is 14.6 Å². The van der Waals surface area contributed by atoms with Gasteiger partial charge >= 0.3 is 5.97 Å². The normalized spacial score (nSPS) is 11.3. The number of hydrogen-bond acceptors (Lipinski definition) is 4. The second-order valence-corrected chi connectivity index (χ2v) is 6.58. The second kappa shape index (κ2) is 9.34. The average molecular weight is 364 g/mol. The zero-order valence-corrected chi connectivity index (χ0v) is 15.5. The Balaban J connectivity index is 1.93. The number of esters is 1. The molecule has 1 aromatic heterocycles. The van der Waals surface area contributed by atoms with E-state index in [4.69, 9.17) is 12.2 Å². The Labute approximate surface area is 151 Å². The molecule has 0 bridgehead atoms. The number of aromatic nitrogens is 1. The van der Waals surface area contributed by atoms with Crippen molar-refractivity contribution in [1.82, 2.24) is 9.88 Å². The molecule has 128 valence electrons. The van der Waals surface area contributed by atoms with Crippen LogP contribution in [0.15, 0.2) is 40.8 Å². The van der Waals surface area contributed by atoms with E-state index in [0.29, 0.717) is 24.5 Å². The summed E-state index contributed by atoms with van der Waals surface area (Å²) in [5, 5.41) is 5.47. The van der Waals surface area contributed by atoms with Gasteiger partial charge in [0.05, 0.1) is 7.11 Å². The monoisotopic (exact) mass is 363 g/mol. The Morgan fingerprint density at radius 2 is 2.12 bits per heavy atom. The van der Waals surface area contributed by atoms with E-state index < -0.39 is 0 Å². The minimum atomic E-state index is -0.214. The van der Waals surface area contributed by atoms with Crippen molar-refractivity contribution in [2.45, 2.75) is 26.3 Å². The number of rotatable bonds is 6. The topological polar surface area (TPSA) is 55.6 Å². The first-order valence-electron chi connectivity index (χ1n) is 7.67. The largest absolute Gasteiger partial charge is 0.469 e. The smallest absolute Gasteiger partial charge is 0.305 e. The molecule has 2 aromatic rings. The van der Waals surface area contributed by atoms with Gasteiger partial charge in [-0.25, -0.2) is 0 Å². The first-order chi connectivity index (χ1) is 11.6. The number of aryl methyl sites for hydroxylation is 1. The molecule has 0 radical (unpaired) electrons. The highest BCUT2D eigenvalue weighted by molar-refractivity contribution is 7.80. The quantitative estimate of drug-likeness (QED) is 0.487. The van der Waals surface area contributed by atoms with E-state index >= 15 is 0 Å². The Bertz CT molecular complexity index is 748. The van der Waals surface area contributed by atoms with E-state index in [-0.39, 0.29) is 5.97 Å². The maximum absolute atomic E-state index is 11.0. The maximum Gasteiger partial charge on any atom is 0.305 e. The molecule has 0 aliphatic rings. The lowest BCUT2D eigenvalue weighted by Crippen LogP contribution is -2.25. The molecule has 0 saturated carbocycles. The van der Waals surface area contributed by atoms with Gasteiger partial charge in [0, 0.05) is 31.1 Å². The Morgan fingerprint density at radius 3 is 2.83 bits per heavy atom. The highest BCUT2D eigenvalue weighted by Gasteiger charge is 2.02. The highest BCUT2D eigenvalue weighted by atomic mass is 32.1. The van der Waals surface area contributed by atoms with Crippen molar-refractivity contribution in [3.8, 4) is 0 Å². The summed E-state index contributed by atoms with van der Waals surface area (Å²) in [6.07, 6.45) is 3.04. The van der Waals surface area contributed by atoms with Crippen LogP contribution in [0.25, 0.3) is 0 Å². The SMILES string of the molecule is COC(=O)CCCNC(=S)N=c1sccn1Cc1ccc(C)cc1. The fourth-order valence-electron chi connectivity index (χ4n) is 2.05. The zero-order valence-electron chi connectivity index (χ0n) is 13.8. The fourth-order valence-corrected chi connectivity index (χ4v) is 3.03. The van der Waals surface area contributed by atoms with Gasteiger partial charge in [0.2, 0.25) is 0 Å². The van der Waals surface area contributed by atoms with Gasteiger partial charge in [0.25, 0.3) is 0 Å². The third-order valence-corrected chi connectivity index (χ3v) is 4.42. The Morgan fingerprint density at radius 1 is 1.38 bits per heavy atom. The number of benzene rings is 1. The van der Waals surface area contributed by atoms with E-state index in [1.807, 2.05) is 11.6 Å². The van der Waals surface area contributed by atoms with Crippen molar-refractivity contribution >= 4 is 34.6 Å². The van der Waals surface area contributed by atoms with Gasteiger partial charge in [0.1, 0.15) is 0 Å². The third kappa shape index (κ3) is 5.90. The molecule has 1 N–H and O–H groups in total. The lowest BCUT2D eigenvalue weighted by atomic mass is 10.1. The molecule has 1 heterocycles. The molecule has 0 aliphatic carbocycles. The maximum atomic E-state index is 11.0. The number of thiazole rings is 1. The molecule has 0 spiro atoms. The van der Waals surface area contributed by atoms with Crippen LogP contribution in [0.3, 0.4) is 0 Å². The fraction of sp³-hybridized carbons (Fsp3) is 0.353. The van der Waals surface area contributed by atoms with Crippen LogP contribution < -0.4 is 10.1 Å². The summed E-state index contributed by atoms with van der Waals surface area (Å²) < 4.78 is 6.66. The van der Waals surface area contributed by atoms with Crippen LogP contribution in [-0.2, 0) is 16.1 Å². The summed E-state index contributed by atoms with van der Waals surface area (Å²) in [6.45, 7) is 3.43. The molecule has 2 rings (SSSR count). The van der Waals surface area contributed by atoms with Crippen LogP contribution in [0.5, 0.6) is 0 Å². The summed E-state index contributed by atoms with van der Waals surface area (Å²) in [6, 6.07) is 8.44. The minimum absolute atomic E-state index is 0.214. The van der Waals surface area contributed by atoms with Gasteiger partial charge in [-0.3, -0.25) is 4.79 Å². The summed E-state index contributed by atoms with van der Waals surface area (Å²) in [7, 11) is 1.39. The van der Waals surface area contributed by atoms with E-state index in [9.17, 15) is 4.79 Å². The van der Waals surface area contributed by atoms with Crippen LogP contribution in [0.1, 0.15) is 24.0 Å². The van der Waals surface area contributed by atoms with E-state index in [2.05, 4.69) is 50.8 Å². The number of hydrogen-bond donors (Lipinski definition) is 1. The van der Waals surface area contributed by atoms with Crippen LogP contribution in [-0.4, -0.2) is 29.3 Å². The van der Waals surface area contributed by atoms with E-state index in [1.165, 1.54) is 18.2 Å². The Hall–Kier alpha value is -1.99. The van der Waals surface area contributed by atoms with Crippen molar-refractivity contribution in [2.75, 3.05) is 13.7 Å². The van der Waals surface area contributed by atoms with Gasteiger partial charge in [-0.1, -0.05) is 29.8 Å². The van der Waals surface area contributed by atoms with Crippen molar-refractivity contribution in [3.05, 3.63) is 51.8 Å². The highest BCUT2D eigenvalue weighted by Crippen LogP contribution is 2.05. The summed E-state index contributed by atoms with van der Waals surface area (Å²) >= 11 is 6.79. The van der Waals surface area contributed by atoms with Crippen LogP contribution in [0.2, 0.25) is 0 Å². The van der Waals surface area contributed by atoms with Gasteiger partial charge in [-0.05, 0) is 31.1 Å². The average Bonchev–Trinajstić information content (AvgIpc) is 3.00. The zero-order chi connectivity index (χ0) is 17.4.